The fourth-order valence-corrected chi connectivity index (χ4v) is 10.3. The van der Waals surface area contributed by atoms with Gasteiger partial charge in [0.25, 0.3) is 0 Å². The van der Waals surface area contributed by atoms with Gasteiger partial charge < -0.3 is 50.2 Å². The highest BCUT2D eigenvalue weighted by atomic mass is 31.3. The maximum absolute atomic E-state index is 12.9. The molecule has 20 nitrogen and oxygen atoms in total. The number of hydrogen-bond donors (Lipinski definition) is 7. The first-order valence-corrected chi connectivity index (χ1v) is 30.7. The van der Waals surface area contributed by atoms with Crippen LogP contribution in [0.1, 0.15) is 194 Å². The molecule has 76 heavy (non-hydrogen) atoms. The van der Waals surface area contributed by atoms with Crippen LogP contribution in [0.3, 0.4) is 0 Å². The van der Waals surface area contributed by atoms with E-state index in [-0.39, 0.29) is 37.9 Å². The lowest BCUT2D eigenvalue weighted by Crippen LogP contribution is -2.36. The van der Waals surface area contributed by atoms with Gasteiger partial charge in [-0.25, -0.2) is 13.9 Å². The van der Waals surface area contributed by atoms with Crippen molar-refractivity contribution < 1.29 is 76.5 Å². The highest BCUT2D eigenvalue weighted by molar-refractivity contribution is 7.61. The van der Waals surface area contributed by atoms with E-state index in [0.717, 1.165) is 61.6 Å². The maximum atomic E-state index is 12.9. The van der Waals surface area contributed by atoms with Gasteiger partial charge in [0.2, 0.25) is 0 Å². The monoisotopic (exact) mass is 1120 g/mol. The van der Waals surface area contributed by atoms with E-state index in [4.69, 9.17) is 29.0 Å². The predicted molar refractivity (Wildman–Crippen MR) is 291 cm³/mol. The lowest BCUT2D eigenvalue weighted by atomic mass is 10.0. The number of nitrogens with zero attached hydrogens (tertiary/aromatic N) is 2. The normalized spacial score (nSPS) is 20.0. The number of allylic oxidation sites excluding steroid dienone is 7. The van der Waals surface area contributed by atoms with E-state index in [1.165, 1.54) is 83.1 Å². The summed E-state index contributed by atoms with van der Waals surface area (Å²) in [6.45, 7) is 4.11. The van der Waals surface area contributed by atoms with E-state index in [0.29, 0.717) is 12.8 Å². The van der Waals surface area contributed by atoms with Gasteiger partial charge in [-0.3, -0.25) is 23.2 Å². The molecule has 0 amide bonds. The Labute approximate surface area is 451 Å². The van der Waals surface area contributed by atoms with Crippen LogP contribution in [0.4, 0.5) is 5.82 Å². The average Bonchev–Trinajstić information content (AvgIpc) is 3.64. The molecule has 1 aromatic rings. The molecular weight excluding hydrogens is 1020 g/mol. The lowest BCUT2D eigenvalue weighted by molar-refractivity contribution is -0.161. The van der Waals surface area contributed by atoms with Gasteiger partial charge in [-0.05, 0) is 63.4 Å². The van der Waals surface area contributed by atoms with Crippen molar-refractivity contribution in [3.63, 3.8) is 0 Å². The molecule has 0 bridgehead atoms. The number of ether oxygens (including phenoxy) is 3. The number of aromatic nitrogens is 2. The molecule has 2 unspecified atom stereocenters. The second kappa shape index (κ2) is 40.8. The van der Waals surface area contributed by atoms with Crippen molar-refractivity contribution in [3.05, 3.63) is 71.4 Å². The first-order valence-electron chi connectivity index (χ1n) is 27.7. The Balaban J connectivity index is 1.83. The van der Waals surface area contributed by atoms with Crippen LogP contribution in [0.2, 0.25) is 0 Å². The number of carbonyl (C=O) groups is 2. The Morgan fingerprint density at radius 3 is 1.76 bits per heavy atom. The fraction of sp³-hybridized carbons (Fsp3) is 0.741. The number of nitrogen functional groups attached to an aromatic ring is 1. The zero-order chi connectivity index (χ0) is 56.0. The summed E-state index contributed by atoms with van der Waals surface area (Å²) < 4.78 is 56.7. The molecule has 1 saturated heterocycles. The fourth-order valence-electron chi connectivity index (χ4n) is 8.17. The van der Waals surface area contributed by atoms with Crippen molar-refractivity contribution in [2.45, 2.75) is 231 Å². The highest BCUT2D eigenvalue weighted by Gasteiger charge is 2.46. The van der Waals surface area contributed by atoms with Crippen LogP contribution in [0.5, 0.6) is 0 Å². The zero-order valence-electron chi connectivity index (χ0n) is 45.4. The molecule has 1 fully saturated rings. The molecule has 0 saturated carbocycles. The van der Waals surface area contributed by atoms with Gasteiger partial charge in [0, 0.05) is 19.0 Å². The van der Waals surface area contributed by atoms with Crippen molar-refractivity contribution in [1.29, 1.82) is 0 Å². The molecule has 1 aliphatic rings. The summed E-state index contributed by atoms with van der Waals surface area (Å²) in [7, 11) is -11.0. The molecule has 8 N–H and O–H groups in total. The Hall–Kier alpha value is -3.36. The minimum atomic E-state index is -5.49. The lowest BCUT2D eigenvalue weighted by Gasteiger charge is -2.21. The molecule has 9 atom stereocenters. The second-order valence-corrected chi connectivity index (χ2v) is 22.9. The van der Waals surface area contributed by atoms with E-state index < -0.39 is 95.9 Å². The standard InChI is InChI=1S/C54H93N3O17P2/c1-4-5-6-7-8-9-10-18-21-24-27-30-34-45(58)46(59)35-32-37-49(60)69-40-44(72-50(61)36-31-28-25-22-19-16-14-12-11-13-15-17-20-23-26-29-33-43(2)3)41-70-75(65,66)74-76(67,68)71-42-47-51(62)52(63)53(73-47)57-39-38-48(55)56-54(57)64/h5-6,8-9,18,21,27,30,38-39,43-47,51-53,58-59,62-63H,4,7,10-17,19-20,22-26,28-29,31-37,40-42H2,1-3H3,(H,65,66)(H,67,68)(H2,55,56,64)/b6-5-,9-8-,21-18-,30-27-/t44-,45+,46+,47-,51-,52-,53-/m1/s1. The van der Waals surface area contributed by atoms with Gasteiger partial charge in [-0.15, -0.1) is 0 Å². The molecular formula is C54H93N3O17P2. The first-order chi connectivity index (χ1) is 36.3. The van der Waals surface area contributed by atoms with Crippen molar-refractivity contribution >= 4 is 33.4 Å². The number of phosphoric ester groups is 2. The molecule has 22 heteroatoms. The largest absolute Gasteiger partial charge is 0.481 e. The number of aliphatic hydroxyl groups excluding tert-OH is 4. The van der Waals surface area contributed by atoms with E-state index >= 15 is 0 Å². The van der Waals surface area contributed by atoms with Crippen LogP contribution in [0, 0.1) is 5.92 Å². The molecule has 1 aromatic heterocycles. The van der Waals surface area contributed by atoms with Gasteiger partial charge in [0.15, 0.2) is 12.3 Å². The highest BCUT2D eigenvalue weighted by Crippen LogP contribution is 2.60. The van der Waals surface area contributed by atoms with Crippen LogP contribution < -0.4 is 11.4 Å². The van der Waals surface area contributed by atoms with Gasteiger partial charge >= 0.3 is 33.3 Å². The quantitative estimate of drug-likeness (QED) is 0.0138. The van der Waals surface area contributed by atoms with E-state index in [2.05, 4.69) is 54.4 Å². The number of aliphatic hydroxyl groups is 4. The van der Waals surface area contributed by atoms with Crippen LogP contribution >= 0.6 is 15.6 Å². The van der Waals surface area contributed by atoms with Gasteiger partial charge in [-0.1, -0.05) is 172 Å². The summed E-state index contributed by atoms with van der Waals surface area (Å²) in [5.74, 6) is -0.797. The van der Waals surface area contributed by atoms with E-state index in [9.17, 15) is 53.7 Å². The number of phosphoric acid groups is 2. The molecule has 2 heterocycles. The molecule has 0 radical (unpaired) electrons. The van der Waals surface area contributed by atoms with E-state index in [1.807, 2.05) is 18.2 Å². The number of esters is 2. The average molecular weight is 1120 g/mol. The third-order valence-electron chi connectivity index (χ3n) is 12.6. The smallest absolute Gasteiger partial charge is 0.462 e. The van der Waals surface area contributed by atoms with Crippen LogP contribution in [0.25, 0.3) is 0 Å². The van der Waals surface area contributed by atoms with Crippen molar-refractivity contribution in [1.82, 2.24) is 9.55 Å². The van der Waals surface area contributed by atoms with Gasteiger partial charge in [-0.2, -0.15) is 9.29 Å². The number of hydrogen-bond acceptors (Lipinski definition) is 17. The molecule has 1 aliphatic heterocycles. The van der Waals surface area contributed by atoms with Crippen LogP contribution in [-0.2, 0) is 46.3 Å². The number of nitrogens with two attached hydrogens (primary N) is 1. The summed E-state index contributed by atoms with van der Waals surface area (Å²) in [5, 5.41) is 41.8. The SMILES string of the molecule is CC/C=C\C/C=C\C/C=C\C/C=C\C[C@H](O)[C@@H](O)CCCC(=O)OC[C@H](COP(=O)(O)OP(=O)(O)OC[C@H]1O[C@@H](n2ccc(N)nc2=O)[C@H](O)[C@@H]1O)OC(=O)CCCCCCCCCCCCCCCCCCC(C)C. The van der Waals surface area contributed by atoms with Crippen molar-refractivity contribution in [2.24, 2.45) is 5.92 Å². The molecule has 2 rings (SSSR count). The maximum Gasteiger partial charge on any atom is 0.481 e. The molecule has 436 valence electrons. The van der Waals surface area contributed by atoms with E-state index in [1.54, 1.807) is 6.08 Å². The zero-order valence-corrected chi connectivity index (χ0v) is 47.2. The Morgan fingerprint density at radius 1 is 0.697 bits per heavy atom. The van der Waals surface area contributed by atoms with Crippen LogP contribution in [-0.4, -0.2) is 108 Å². The van der Waals surface area contributed by atoms with Crippen molar-refractivity contribution in [3.8, 4) is 0 Å². The third-order valence-corrected chi connectivity index (χ3v) is 15.2. The first kappa shape index (κ1) is 68.7. The Bertz CT molecular complexity index is 2020. The summed E-state index contributed by atoms with van der Waals surface area (Å²) in [6, 6.07) is 1.23. The summed E-state index contributed by atoms with van der Waals surface area (Å²) in [6.07, 6.45) is 30.6. The number of anilines is 1. The second-order valence-electron chi connectivity index (χ2n) is 19.8. The third kappa shape index (κ3) is 33.2. The topological polar surface area (TPSA) is 306 Å². The predicted octanol–water partition coefficient (Wildman–Crippen LogP) is 9.92. The van der Waals surface area contributed by atoms with Crippen molar-refractivity contribution in [2.75, 3.05) is 25.6 Å². The summed E-state index contributed by atoms with van der Waals surface area (Å²) >= 11 is 0. The number of rotatable bonds is 45. The van der Waals surface area contributed by atoms with Gasteiger partial charge in [0.1, 0.15) is 30.7 Å². The minimum absolute atomic E-state index is 0.00932. The number of unbranched alkanes of at least 4 members (excludes halogenated alkanes) is 15. The minimum Gasteiger partial charge on any atom is -0.462 e. The Kier molecular flexibility index (Phi) is 36.9. The molecule has 0 aliphatic carbocycles. The van der Waals surface area contributed by atoms with Crippen LogP contribution in [0.15, 0.2) is 65.7 Å². The molecule has 0 spiro atoms. The number of carbonyl (C=O) groups excluding carboxylic acids is 2. The molecule has 0 aromatic carbocycles. The summed E-state index contributed by atoms with van der Waals surface area (Å²) in [5.41, 5.74) is 4.57. The van der Waals surface area contributed by atoms with Gasteiger partial charge in [0.05, 0.1) is 25.4 Å². The summed E-state index contributed by atoms with van der Waals surface area (Å²) in [4.78, 5) is 62.1. The Morgan fingerprint density at radius 2 is 1.21 bits per heavy atom.